The first-order chi connectivity index (χ1) is 10.9. The van der Waals surface area contributed by atoms with E-state index in [4.69, 9.17) is 5.11 Å². The minimum Gasteiger partial charge on any atom is -0.591 e. The van der Waals surface area contributed by atoms with Gasteiger partial charge in [0.1, 0.15) is 16.1 Å². The molecule has 0 radical (unpaired) electrons. The molecule has 1 N–H and O–H groups in total. The van der Waals surface area contributed by atoms with Crippen LogP contribution >= 0.6 is 0 Å². The number of carboxylic acids is 1. The number of carboxylic acid groups (broad SMARTS) is 1. The molecule has 0 aliphatic rings. The second-order valence-electron chi connectivity index (χ2n) is 6.31. The molecule has 1 rings (SSSR count). The largest absolute Gasteiger partial charge is 0.591 e. The van der Waals surface area contributed by atoms with Crippen LogP contribution in [-0.2, 0) is 16.2 Å². The minimum atomic E-state index is -4.68. The van der Waals surface area contributed by atoms with E-state index in [2.05, 4.69) is 4.40 Å². The molecule has 4 nitrogen and oxygen atoms in total. The van der Waals surface area contributed by atoms with Crippen molar-refractivity contribution in [3.8, 4) is 0 Å². The van der Waals surface area contributed by atoms with Gasteiger partial charge in [0, 0.05) is 12.0 Å². The predicted molar refractivity (Wildman–Crippen MR) is 87.3 cm³/mol. The fourth-order valence-electron chi connectivity index (χ4n) is 1.82. The normalized spacial score (nSPS) is 15.9. The molecule has 0 aliphatic heterocycles. The Morgan fingerprint density at radius 3 is 2.17 bits per heavy atom. The summed E-state index contributed by atoms with van der Waals surface area (Å²) in [5.41, 5.74) is 0.391. The van der Waals surface area contributed by atoms with Gasteiger partial charge in [0.15, 0.2) is 0 Å². The Hall–Kier alpha value is -1.54. The summed E-state index contributed by atoms with van der Waals surface area (Å²) < 4.78 is 54.9. The second kappa shape index (κ2) is 8.02. The van der Waals surface area contributed by atoms with Gasteiger partial charge in [0.05, 0.1) is 18.1 Å². The van der Waals surface area contributed by atoms with Gasteiger partial charge in [-0.1, -0.05) is 34.7 Å². The topological polar surface area (TPSA) is 72.7 Å². The van der Waals surface area contributed by atoms with E-state index in [1.165, 1.54) is 0 Å². The van der Waals surface area contributed by atoms with E-state index in [-0.39, 0.29) is 5.71 Å². The number of benzene rings is 1. The summed E-state index contributed by atoms with van der Waals surface area (Å²) in [6.07, 6.45) is -6.38. The number of carbonyl (C=O) groups is 1. The third kappa shape index (κ3) is 6.52. The van der Waals surface area contributed by atoms with Crippen molar-refractivity contribution in [1.29, 1.82) is 0 Å². The zero-order chi connectivity index (χ0) is 18.5. The van der Waals surface area contributed by atoms with Crippen molar-refractivity contribution in [1.82, 2.24) is 0 Å². The van der Waals surface area contributed by atoms with Gasteiger partial charge in [-0.3, -0.25) is 4.79 Å². The smallest absolute Gasteiger partial charge is 0.392 e. The van der Waals surface area contributed by atoms with Crippen LogP contribution in [0.1, 0.15) is 39.2 Å². The van der Waals surface area contributed by atoms with Gasteiger partial charge in [0.25, 0.3) is 0 Å². The zero-order valence-corrected chi connectivity index (χ0v) is 14.4. The van der Waals surface area contributed by atoms with Crippen molar-refractivity contribution >= 4 is 23.0 Å². The van der Waals surface area contributed by atoms with Gasteiger partial charge in [0.2, 0.25) is 0 Å². The third-order valence-corrected chi connectivity index (χ3v) is 4.58. The standard InChI is InChI=1S/C16H20F3NO3S/c1-15(2,3)24(23)20-13(11-7-5-4-6-8-11)9-12(10-14(21)22)16(17,18)19/h4-8,12H,9-10H2,1-3H3,(H,21,22). The Kier molecular flexibility index (Phi) is 6.86. The highest BCUT2D eigenvalue weighted by Gasteiger charge is 2.42. The van der Waals surface area contributed by atoms with Crippen LogP contribution in [0.15, 0.2) is 34.7 Å². The number of halogens is 3. The molecule has 24 heavy (non-hydrogen) atoms. The highest BCUT2D eigenvalue weighted by atomic mass is 32.2. The van der Waals surface area contributed by atoms with E-state index in [1.54, 1.807) is 51.1 Å². The van der Waals surface area contributed by atoms with Gasteiger partial charge < -0.3 is 9.66 Å². The number of aliphatic carboxylic acids is 1. The highest BCUT2D eigenvalue weighted by Crippen LogP contribution is 2.33. The van der Waals surface area contributed by atoms with Crippen LogP contribution < -0.4 is 0 Å². The molecule has 1 aromatic carbocycles. The first kappa shape index (κ1) is 20.5. The lowest BCUT2D eigenvalue weighted by Crippen LogP contribution is -2.30. The fourth-order valence-corrected chi connectivity index (χ4v) is 2.48. The van der Waals surface area contributed by atoms with Gasteiger partial charge in [-0.15, -0.1) is 0 Å². The van der Waals surface area contributed by atoms with Crippen molar-refractivity contribution < 1.29 is 27.6 Å². The molecule has 8 heteroatoms. The Balaban J connectivity index is 3.22. The van der Waals surface area contributed by atoms with E-state index >= 15 is 0 Å². The third-order valence-electron chi connectivity index (χ3n) is 3.15. The van der Waals surface area contributed by atoms with Crippen molar-refractivity contribution in [2.45, 2.75) is 44.5 Å². The Bertz CT molecular complexity index is 582. The molecule has 2 atom stereocenters. The van der Waals surface area contributed by atoms with Crippen LogP contribution in [0.4, 0.5) is 13.2 Å². The monoisotopic (exact) mass is 363 g/mol. The predicted octanol–water partition coefficient (Wildman–Crippen LogP) is 3.98. The molecule has 0 bridgehead atoms. The van der Waals surface area contributed by atoms with E-state index in [0.717, 1.165) is 0 Å². The van der Waals surface area contributed by atoms with Crippen LogP contribution in [0.5, 0.6) is 0 Å². The fraction of sp³-hybridized carbons (Fsp3) is 0.500. The Labute approximate surface area is 142 Å². The first-order valence-corrected chi connectivity index (χ1v) is 8.35. The van der Waals surface area contributed by atoms with Gasteiger partial charge in [-0.2, -0.15) is 13.2 Å². The maximum absolute atomic E-state index is 13.1. The SMILES string of the molecule is CC(C)(C)[S+]([O-])N=C(CC(CC(=O)O)C(F)(F)F)c1ccccc1. The summed E-state index contributed by atoms with van der Waals surface area (Å²) >= 11 is -1.75. The average molecular weight is 363 g/mol. The quantitative estimate of drug-likeness (QED) is 0.614. The van der Waals surface area contributed by atoms with E-state index in [9.17, 15) is 22.5 Å². The maximum Gasteiger partial charge on any atom is 0.392 e. The molecule has 134 valence electrons. The molecule has 2 unspecified atom stereocenters. The molecule has 0 aromatic heterocycles. The number of hydrogen-bond donors (Lipinski definition) is 1. The van der Waals surface area contributed by atoms with Crippen LogP contribution in [0, 0.1) is 5.92 Å². The van der Waals surface area contributed by atoms with Gasteiger partial charge in [-0.25, -0.2) is 0 Å². The molecular formula is C16H20F3NO3S. The molecule has 1 aromatic rings. The van der Waals surface area contributed by atoms with E-state index < -0.39 is 47.0 Å². The van der Waals surface area contributed by atoms with Crippen LogP contribution in [0.3, 0.4) is 0 Å². The molecule has 0 saturated heterocycles. The summed E-state index contributed by atoms with van der Waals surface area (Å²) in [6.45, 7) is 4.98. The highest BCUT2D eigenvalue weighted by molar-refractivity contribution is 7.91. The zero-order valence-electron chi connectivity index (χ0n) is 13.6. The number of alkyl halides is 3. The second-order valence-corrected chi connectivity index (χ2v) is 8.21. The molecule has 0 aliphatic carbocycles. The van der Waals surface area contributed by atoms with Gasteiger partial charge >= 0.3 is 12.1 Å². The van der Waals surface area contributed by atoms with Gasteiger partial charge in [-0.05, 0) is 20.8 Å². The average Bonchev–Trinajstić information content (AvgIpc) is 2.44. The summed E-state index contributed by atoms with van der Waals surface area (Å²) in [5, 5.41) is 8.74. The Morgan fingerprint density at radius 2 is 1.75 bits per heavy atom. The molecule has 0 amide bonds. The molecule has 0 fully saturated rings. The lowest BCUT2D eigenvalue weighted by molar-refractivity contribution is -0.181. The number of hydrogen-bond acceptors (Lipinski definition) is 3. The maximum atomic E-state index is 13.1. The summed E-state index contributed by atoms with van der Waals surface area (Å²) in [5.74, 6) is -3.63. The van der Waals surface area contributed by atoms with E-state index in [1.807, 2.05) is 0 Å². The summed E-state index contributed by atoms with van der Waals surface area (Å²) in [4.78, 5) is 10.8. The first-order valence-electron chi connectivity index (χ1n) is 7.24. The van der Waals surface area contributed by atoms with Crippen molar-refractivity contribution in [2.24, 2.45) is 10.3 Å². The molecule has 0 saturated carbocycles. The summed E-state index contributed by atoms with van der Waals surface area (Å²) in [7, 11) is 0. The van der Waals surface area contributed by atoms with Crippen LogP contribution in [0.25, 0.3) is 0 Å². The number of rotatable bonds is 6. The van der Waals surface area contributed by atoms with Crippen molar-refractivity contribution in [3.05, 3.63) is 35.9 Å². The minimum absolute atomic E-state index is 0.00701. The molecular weight excluding hydrogens is 343 g/mol. The van der Waals surface area contributed by atoms with Crippen molar-refractivity contribution in [2.75, 3.05) is 0 Å². The lowest BCUT2D eigenvalue weighted by atomic mass is 9.94. The van der Waals surface area contributed by atoms with Crippen molar-refractivity contribution in [3.63, 3.8) is 0 Å². The lowest BCUT2D eigenvalue weighted by Gasteiger charge is -2.22. The van der Waals surface area contributed by atoms with Crippen LogP contribution in [0.2, 0.25) is 0 Å². The van der Waals surface area contributed by atoms with Crippen LogP contribution in [-0.4, -0.2) is 32.3 Å². The Morgan fingerprint density at radius 1 is 1.21 bits per heavy atom. The molecule has 0 spiro atoms. The number of nitrogens with zero attached hydrogens (tertiary/aromatic N) is 1. The molecule has 0 heterocycles. The summed E-state index contributed by atoms with van der Waals surface area (Å²) in [6, 6.07) is 8.08. The van der Waals surface area contributed by atoms with E-state index in [0.29, 0.717) is 5.56 Å².